The van der Waals surface area contributed by atoms with Gasteiger partial charge in [0, 0.05) is 6.42 Å². The molecule has 0 aromatic carbocycles. The van der Waals surface area contributed by atoms with Crippen LogP contribution in [0.2, 0.25) is 0 Å². The molecule has 0 bridgehead atoms. The number of ether oxygens (including phenoxy) is 1. The van der Waals surface area contributed by atoms with Crippen molar-refractivity contribution in [2.24, 2.45) is 0 Å². The zero-order chi connectivity index (χ0) is 42.5. The normalized spacial score (nSPS) is 11.6. The molecule has 0 aliphatic carbocycles. The van der Waals surface area contributed by atoms with Crippen molar-refractivity contribution in [2.45, 2.75) is 354 Å². The van der Waals surface area contributed by atoms with Gasteiger partial charge in [0.25, 0.3) is 0 Å². The second-order valence-corrected chi connectivity index (χ2v) is 19.6. The van der Waals surface area contributed by atoms with Crippen LogP contribution in [0, 0.1) is 0 Å². The Morgan fingerprint density at radius 2 is 0.373 bits per heavy atom. The van der Waals surface area contributed by atoms with E-state index < -0.39 is 0 Å². The number of carbonyl (C=O) groups is 1. The zero-order valence-electron chi connectivity index (χ0n) is 41.5. The third-order valence-electron chi connectivity index (χ3n) is 13.5. The Bertz CT molecular complexity index is 732. The lowest BCUT2D eigenvalue weighted by molar-refractivity contribution is -0.143. The lowest BCUT2D eigenvalue weighted by Crippen LogP contribution is -2.05. The first-order valence-corrected chi connectivity index (χ1v) is 28.5. The highest BCUT2D eigenvalue weighted by molar-refractivity contribution is 5.69. The van der Waals surface area contributed by atoms with Crippen molar-refractivity contribution >= 4 is 5.97 Å². The minimum atomic E-state index is 0.0348. The smallest absolute Gasteiger partial charge is 0.305 e. The molecule has 0 aromatic rings. The molecule has 0 aromatic heterocycles. The van der Waals surface area contributed by atoms with Gasteiger partial charge in [-0.3, -0.25) is 4.79 Å². The van der Waals surface area contributed by atoms with Crippen molar-refractivity contribution in [3.05, 3.63) is 0 Å². The van der Waals surface area contributed by atoms with E-state index in [1.54, 1.807) is 0 Å². The average molecular weight is 832 g/mol. The van der Waals surface area contributed by atoms with Crippen molar-refractivity contribution < 1.29 is 9.53 Å². The van der Waals surface area contributed by atoms with Crippen molar-refractivity contribution in [3.63, 3.8) is 0 Å². The topological polar surface area (TPSA) is 26.3 Å². The fourth-order valence-electron chi connectivity index (χ4n) is 9.26. The minimum Gasteiger partial charge on any atom is -0.466 e. The Labute approximate surface area is 374 Å². The molecule has 59 heavy (non-hydrogen) atoms. The number of carbonyl (C=O) groups excluding carboxylic acids is 1. The molecule has 0 amide bonds. The molecule has 354 valence electrons. The van der Waals surface area contributed by atoms with Crippen molar-refractivity contribution in [1.29, 1.82) is 0 Å². The van der Waals surface area contributed by atoms with Crippen LogP contribution in [-0.4, -0.2) is 12.6 Å². The molecule has 0 spiro atoms. The Morgan fingerprint density at radius 3 is 0.559 bits per heavy atom. The largest absolute Gasteiger partial charge is 0.466 e. The van der Waals surface area contributed by atoms with Crippen molar-refractivity contribution in [2.75, 3.05) is 6.61 Å². The van der Waals surface area contributed by atoms with E-state index in [4.69, 9.17) is 4.74 Å². The summed E-state index contributed by atoms with van der Waals surface area (Å²) in [5.74, 6) is 0.0348. The van der Waals surface area contributed by atoms with Gasteiger partial charge in [0.1, 0.15) is 0 Å². The summed E-state index contributed by atoms with van der Waals surface area (Å²) >= 11 is 0. The van der Waals surface area contributed by atoms with Gasteiger partial charge in [0.2, 0.25) is 0 Å². The van der Waals surface area contributed by atoms with Crippen LogP contribution in [0.15, 0.2) is 0 Å². The van der Waals surface area contributed by atoms with Crippen LogP contribution >= 0.6 is 0 Å². The maximum atomic E-state index is 12.1. The third kappa shape index (κ3) is 55.5. The van der Waals surface area contributed by atoms with E-state index in [1.165, 1.54) is 321 Å². The van der Waals surface area contributed by atoms with E-state index in [-0.39, 0.29) is 5.97 Å². The molecule has 0 aliphatic heterocycles. The number of unbranched alkanes of at least 4 members (excludes halogenated alkanes) is 50. The standard InChI is InChI=1S/C57H114O2/c1-3-5-7-9-11-13-15-17-19-21-22-23-24-25-26-27-28-29-30-31-32-33-34-35-36-37-38-39-41-43-45-47-49-51-53-55-57(58)59-56-54-52-50-48-46-44-42-40-20-18-16-14-12-10-8-6-4-2/h3-56H2,1-2H3. The molecular weight excluding hydrogens is 717 g/mol. The summed E-state index contributed by atoms with van der Waals surface area (Å²) in [6.45, 7) is 5.24. The molecule has 0 rings (SSSR count). The van der Waals surface area contributed by atoms with Gasteiger partial charge in [-0.2, -0.15) is 0 Å². The van der Waals surface area contributed by atoms with Gasteiger partial charge >= 0.3 is 5.97 Å². The van der Waals surface area contributed by atoms with Crippen LogP contribution < -0.4 is 0 Å². The molecule has 0 unspecified atom stereocenters. The molecule has 0 saturated carbocycles. The molecular formula is C57H114O2. The minimum absolute atomic E-state index is 0.0348. The lowest BCUT2D eigenvalue weighted by Gasteiger charge is -2.06. The molecule has 2 heteroatoms. The summed E-state index contributed by atoms with van der Waals surface area (Å²) in [5, 5.41) is 0. The van der Waals surface area contributed by atoms with Gasteiger partial charge in [0.15, 0.2) is 0 Å². The first-order chi connectivity index (χ1) is 29.3. The fourth-order valence-corrected chi connectivity index (χ4v) is 9.26. The summed E-state index contributed by atoms with van der Waals surface area (Å²) in [5.41, 5.74) is 0. The van der Waals surface area contributed by atoms with Gasteiger partial charge < -0.3 is 4.74 Å². The summed E-state index contributed by atoms with van der Waals surface area (Å²) in [6.07, 6.45) is 74.3. The van der Waals surface area contributed by atoms with E-state index in [9.17, 15) is 4.79 Å². The molecule has 0 heterocycles. The SMILES string of the molecule is CCCCCCCCCCCCCCCCCCCCCCCCCCCCCCCCCCCCCC(=O)OCCCCCCCCCCCCCCCCCCC. The van der Waals surface area contributed by atoms with Crippen LogP contribution in [0.5, 0.6) is 0 Å². The number of esters is 1. The van der Waals surface area contributed by atoms with E-state index in [1.807, 2.05) is 0 Å². The van der Waals surface area contributed by atoms with E-state index in [0.29, 0.717) is 13.0 Å². The first kappa shape index (κ1) is 58.5. The van der Waals surface area contributed by atoms with Gasteiger partial charge in [-0.1, -0.05) is 335 Å². The van der Waals surface area contributed by atoms with Crippen LogP contribution in [-0.2, 0) is 9.53 Å². The van der Waals surface area contributed by atoms with Gasteiger partial charge in [0.05, 0.1) is 6.61 Å². The second kappa shape index (κ2) is 55.5. The van der Waals surface area contributed by atoms with Gasteiger partial charge in [-0.05, 0) is 12.8 Å². The Morgan fingerprint density at radius 1 is 0.220 bits per heavy atom. The summed E-state index contributed by atoms with van der Waals surface area (Å²) in [6, 6.07) is 0. The molecule has 2 nitrogen and oxygen atoms in total. The summed E-state index contributed by atoms with van der Waals surface area (Å²) in [4.78, 5) is 12.1. The monoisotopic (exact) mass is 831 g/mol. The molecule has 0 aliphatic rings. The van der Waals surface area contributed by atoms with E-state index >= 15 is 0 Å². The maximum Gasteiger partial charge on any atom is 0.305 e. The van der Waals surface area contributed by atoms with E-state index in [2.05, 4.69) is 13.8 Å². The highest BCUT2D eigenvalue weighted by atomic mass is 16.5. The van der Waals surface area contributed by atoms with Gasteiger partial charge in [-0.15, -0.1) is 0 Å². The lowest BCUT2D eigenvalue weighted by atomic mass is 10.0. The number of hydrogen-bond acceptors (Lipinski definition) is 2. The highest BCUT2D eigenvalue weighted by Crippen LogP contribution is 2.18. The summed E-state index contributed by atoms with van der Waals surface area (Å²) in [7, 11) is 0. The Hall–Kier alpha value is -0.530. The average Bonchev–Trinajstić information content (AvgIpc) is 3.24. The van der Waals surface area contributed by atoms with Crippen molar-refractivity contribution in [3.8, 4) is 0 Å². The molecule has 0 atom stereocenters. The number of rotatable bonds is 54. The van der Waals surface area contributed by atoms with Crippen LogP contribution in [0.1, 0.15) is 354 Å². The predicted octanol–water partition coefficient (Wildman–Crippen LogP) is 21.2. The number of hydrogen-bond donors (Lipinski definition) is 0. The maximum absolute atomic E-state index is 12.1. The van der Waals surface area contributed by atoms with Crippen LogP contribution in [0.3, 0.4) is 0 Å². The van der Waals surface area contributed by atoms with Crippen LogP contribution in [0.25, 0.3) is 0 Å². The third-order valence-corrected chi connectivity index (χ3v) is 13.5. The summed E-state index contributed by atoms with van der Waals surface area (Å²) < 4.78 is 5.50. The molecule has 0 radical (unpaired) electrons. The van der Waals surface area contributed by atoms with E-state index in [0.717, 1.165) is 12.8 Å². The second-order valence-electron chi connectivity index (χ2n) is 19.6. The predicted molar refractivity (Wildman–Crippen MR) is 267 cm³/mol. The Balaban J connectivity index is 3.13. The quantitative estimate of drug-likeness (QED) is 0.0451. The fraction of sp³-hybridized carbons (Fsp3) is 0.982. The van der Waals surface area contributed by atoms with Gasteiger partial charge in [-0.25, -0.2) is 0 Å². The molecule has 0 saturated heterocycles. The molecule has 0 N–H and O–H groups in total. The first-order valence-electron chi connectivity index (χ1n) is 28.5. The van der Waals surface area contributed by atoms with Crippen LogP contribution in [0.4, 0.5) is 0 Å². The van der Waals surface area contributed by atoms with Crippen molar-refractivity contribution in [1.82, 2.24) is 0 Å². The molecule has 0 fully saturated rings. The highest BCUT2D eigenvalue weighted by Gasteiger charge is 2.03. The Kier molecular flexibility index (Phi) is 55.0. The zero-order valence-corrected chi connectivity index (χ0v) is 41.5.